The van der Waals surface area contributed by atoms with Gasteiger partial charge < -0.3 is 9.80 Å². The number of hydrogen-bond acceptors (Lipinski definition) is 5. The smallest absolute Gasteiger partial charge is 0.135 e. The van der Waals surface area contributed by atoms with Crippen LogP contribution in [0.25, 0.3) is 0 Å². The van der Waals surface area contributed by atoms with Crippen LogP contribution >= 0.6 is 0 Å². The van der Waals surface area contributed by atoms with Gasteiger partial charge in [0.15, 0.2) is 0 Å². The number of likely N-dealkylation sites (N-methyl/N-ethyl adjacent to an activating group) is 1. The number of aromatic nitrogens is 2. The summed E-state index contributed by atoms with van der Waals surface area (Å²) in [5.74, 6) is 2.02. The summed E-state index contributed by atoms with van der Waals surface area (Å²) < 4.78 is 0. The first-order chi connectivity index (χ1) is 9.54. The van der Waals surface area contributed by atoms with E-state index in [0.29, 0.717) is 6.04 Å². The average Bonchev–Trinajstić information content (AvgIpc) is 2.42. The molecule has 1 aromatic rings. The van der Waals surface area contributed by atoms with Crippen LogP contribution < -0.4 is 4.90 Å². The molecule has 0 spiro atoms. The number of piperazine rings is 2. The molecule has 1 atom stereocenters. The van der Waals surface area contributed by atoms with Gasteiger partial charge in [0.05, 0.1) is 0 Å². The normalized spacial score (nSPS) is 24.8. The van der Waals surface area contributed by atoms with Crippen molar-refractivity contribution in [3.05, 3.63) is 17.1 Å². The average molecular weight is 275 g/mol. The van der Waals surface area contributed by atoms with Crippen LogP contribution in [0.1, 0.15) is 17.1 Å². The van der Waals surface area contributed by atoms with Crippen LogP contribution in [0.5, 0.6) is 0 Å². The molecule has 1 unspecified atom stereocenters. The molecule has 3 rings (SSSR count). The summed E-state index contributed by atoms with van der Waals surface area (Å²) in [6.45, 7) is 13.1. The lowest BCUT2D eigenvalue weighted by molar-refractivity contribution is 0.0804. The molecule has 2 saturated heterocycles. The van der Waals surface area contributed by atoms with E-state index in [0.717, 1.165) is 37.0 Å². The summed E-state index contributed by atoms with van der Waals surface area (Å²) in [6.07, 6.45) is 0. The van der Waals surface area contributed by atoms with Crippen molar-refractivity contribution in [3.8, 4) is 0 Å². The van der Waals surface area contributed by atoms with Crippen molar-refractivity contribution in [1.29, 1.82) is 0 Å². The van der Waals surface area contributed by atoms with Crippen molar-refractivity contribution in [2.45, 2.75) is 26.8 Å². The van der Waals surface area contributed by atoms with E-state index >= 15 is 0 Å². The second kappa shape index (κ2) is 5.30. The molecular weight excluding hydrogens is 250 g/mol. The minimum absolute atomic E-state index is 0.637. The Bertz CT molecular complexity index is 501. The van der Waals surface area contributed by atoms with Gasteiger partial charge in [-0.1, -0.05) is 0 Å². The second-order valence-electron chi connectivity index (χ2n) is 6.20. The van der Waals surface area contributed by atoms with Crippen LogP contribution in [-0.4, -0.2) is 72.1 Å². The number of anilines is 1. The SMILES string of the molecule is Cc1nc(C)c(C)c(N2CCN3CCN(C)CC3C2)n1. The monoisotopic (exact) mass is 275 g/mol. The number of rotatable bonds is 1. The van der Waals surface area contributed by atoms with Gasteiger partial charge in [-0.15, -0.1) is 0 Å². The Morgan fingerprint density at radius 3 is 2.50 bits per heavy atom. The predicted octanol–water partition coefficient (Wildman–Crippen LogP) is 0.838. The molecule has 5 heteroatoms. The Hall–Kier alpha value is -1.20. The Labute approximate surface area is 121 Å². The molecule has 110 valence electrons. The van der Waals surface area contributed by atoms with Crippen LogP contribution in [-0.2, 0) is 0 Å². The Balaban J connectivity index is 1.82. The fourth-order valence-corrected chi connectivity index (χ4v) is 3.36. The standard InChI is InChI=1S/C15H25N5/c1-11-12(2)16-13(3)17-15(11)20-8-7-19-6-5-18(4)9-14(19)10-20/h14H,5-10H2,1-4H3. The second-order valence-corrected chi connectivity index (χ2v) is 6.20. The molecule has 0 aromatic carbocycles. The molecule has 20 heavy (non-hydrogen) atoms. The Morgan fingerprint density at radius 2 is 1.70 bits per heavy atom. The fraction of sp³-hybridized carbons (Fsp3) is 0.733. The first-order valence-electron chi connectivity index (χ1n) is 7.54. The summed E-state index contributed by atoms with van der Waals surface area (Å²) in [5, 5.41) is 0. The third-order valence-corrected chi connectivity index (χ3v) is 4.67. The van der Waals surface area contributed by atoms with E-state index in [4.69, 9.17) is 4.98 Å². The van der Waals surface area contributed by atoms with E-state index in [-0.39, 0.29) is 0 Å². The summed E-state index contributed by atoms with van der Waals surface area (Å²) >= 11 is 0. The van der Waals surface area contributed by atoms with E-state index in [1.165, 1.54) is 25.2 Å². The Kier molecular flexibility index (Phi) is 3.65. The van der Waals surface area contributed by atoms with Crippen molar-refractivity contribution in [3.63, 3.8) is 0 Å². The summed E-state index contributed by atoms with van der Waals surface area (Å²) in [4.78, 5) is 16.7. The van der Waals surface area contributed by atoms with Gasteiger partial charge in [-0.3, -0.25) is 4.90 Å². The van der Waals surface area contributed by atoms with Crippen molar-refractivity contribution in [2.75, 3.05) is 51.2 Å². The molecule has 2 aliphatic rings. The van der Waals surface area contributed by atoms with Crippen molar-refractivity contribution in [1.82, 2.24) is 19.8 Å². The lowest BCUT2D eigenvalue weighted by Gasteiger charge is -2.47. The largest absolute Gasteiger partial charge is 0.353 e. The van der Waals surface area contributed by atoms with Gasteiger partial charge in [0.1, 0.15) is 11.6 Å². The highest BCUT2D eigenvalue weighted by atomic mass is 15.4. The quantitative estimate of drug-likeness (QED) is 0.759. The van der Waals surface area contributed by atoms with Gasteiger partial charge in [0.25, 0.3) is 0 Å². The zero-order valence-electron chi connectivity index (χ0n) is 13.1. The van der Waals surface area contributed by atoms with Crippen molar-refractivity contribution in [2.24, 2.45) is 0 Å². The highest BCUT2D eigenvalue weighted by Gasteiger charge is 2.32. The lowest BCUT2D eigenvalue weighted by atomic mass is 10.1. The first-order valence-corrected chi connectivity index (χ1v) is 7.54. The van der Waals surface area contributed by atoms with Gasteiger partial charge in [-0.2, -0.15) is 0 Å². The van der Waals surface area contributed by atoms with E-state index < -0.39 is 0 Å². The molecule has 1 aromatic heterocycles. The van der Waals surface area contributed by atoms with Gasteiger partial charge in [-0.05, 0) is 27.8 Å². The van der Waals surface area contributed by atoms with Crippen LogP contribution in [0.15, 0.2) is 0 Å². The van der Waals surface area contributed by atoms with E-state index in [1.54, 1.807) is 0 Å². The topological polar surface area (TPSA) is 35.5 Å². The van der Waals surface area contributed by atoms with Crippen LogP contribution in [0.2, 0.25) is 0 Å². The fourth-order valence-electron chi connectivity index (χ4n) is 3.36. The molecule has 0 bridgehead atoms. The molecule has 0 radical (unpaired) electrons. The van der Waals surface area contributed by atoms with Crippen molar-refractivity contribution >= 4 is 5.82 Å². The highest BCUT2D eigenvalue weighted by Crippen LogP contribution is 2.24. The lowest BCUT2D eigenvalue weighted by Crippen LogP contribution is -2.61. The zero-order chi connectivity index (χ0) is 14.3. The van der Waals surface area contributed by atoms with E-state index in [1.807, 2.05) is 6.92 Å². The third-order valence-electron chi connectivity index (χ3n) is 4.67. The van der Waals surface area contributed by atoms with Gasteiger partial charge in [0, 0.05) is 56.6 Å². The highest BCUT2D eigenvalue weighted by molar-refractivity contribution is 5.49. The summed E-state index contributed by atoms with van der Waals surface area (Å²) in [5.41, 5.74) is 2.34. The summed E-state index contributed by atoms with van der Waals surface area (Å²) in [7, 11) is 2.22. The number of fused-ring (bicyclic) bond motifs is 1. The summed E-state index contributed by atoms with van der Waals surface area (Å²) in [6, 6.07) is 0.637. The number of hydrogen-bond donors (Lipinski definition) is 0. The third kappa shape index (κ3) is 2.52. The maximum atomic E-state index is 4.70. The van der Waals surface area contributed by atoms with Crippen LogP contribution in [0, 0.1) is 20.8 Å². The molecule has 5 nitrogen and oxygen atoms in total. The maximum absolute atomic E-state index is 4.70. The molecule has 3 heterocycles. The van der Waals surface area contributed by atoms with E-state index in [9.17, 15) is 0 Å². The minimum atomic E-state index is 0.637. The van der Waals surface area contributed by atoms with Gasteiger partial charge >= 0.3 is 0 Å². The number of nitrogens with zero attached hydrogens (tertiary/aromatic N) is 5. The zero-order valence-corrected chi connectivity index (χ0v) is 13.1. The van der Waals surface area contributed by atoms with Crippen LogP contribution in [0.3, 0.4) is 0 Å². The van der Waals surface area contributed by atoms with Crippen molar-refractivity contribution < 1.29 is 0 Å². The Morgan fingerprint density at radius 1 is 0.950 bits per heavy atom. The molecule has 0 aliphatic carbocycles. The maximum Gasteiger partial charge on any atom is 0.135 e. The predicted molar refractivity (Wildman–Crippen MR) is 81.3 cm³/mol. The molecule has 2 aliphatic heterocycles. The molecule has 0 amide bonds. The van der Waals surface area contributed by atoms with Gasteiger partial charge in [-0.25, -0.2) is 9.97 Å². The van der Waals surface area contributed by atoms with E-state index in [2.05, 4.69) is 40.6 Å². The van der Waals surface area contributed by atoms with Crippen LogP contribution in [0.4, 0.5) is 5.82 Å². The molecule has 2 fully saturated rings. The number of aryl methyl sites for hydroxylation is 2. The first kappa shape index (κ1) is 13.8. The molecule has 0 N–H and O–H groups in total. The molecular formula is C15H25N5. The molecule has 0 saturated carbocycles. The minimum Gasteiger partial charge on any atom is -0.353 e. The van der Waals surface area contributed by atoms with Gasteiger partial charge in [0.2, 0.25) is 0 Å².